The number of hydrogen-bond acceptors (Lipinski definition) is 4. The van der Waals surface area contributed by atoms with Crippen molar-refractivity contribution in [2.75, 3.05) is 24.6 Å². The predicted octanol–water partition coefficient (Wildman–Crippen LogP) is -0.472. The number of sulfone groups is 1. The summed E-state index contributed by atoms with van der Waals surface area (Å²) in [5.74, 6) is -1.43. The van der Waals surface area contributed by atoms with Gasteiger partial charge in [-0.15, -0.1) is 0 Å². The van der Waals surface area contributed by atoms with E-state index in [2.05, 4.69) is 0 Å². The Kier molecular flexibility index (Phi) is 3.67. The topological polar surface area (TPSA) is 74.7 Å². The molecule has 0 aliphatic carbocycles. The average Bonchev–Trinajstić information content (AvgIpc) is 2.07. The fraction of sp³-hybridized carbons (Fsp3) is 0.875. The first-order chi connectivity index (χ1) is 6.83. The van der Waals surface area contributed by atoms with E-state index in [4.69, 9.17) is 5.11 Å². The maximum Gasteiger partial charge on any atom is 0.323 e. The van der Waals surface area contributed by atoms with Gasteiger partial charge in [0.05, 0.1) is 11.5 Å². The van der Waals surface area contributed by atoms with E-state index < -0.39 is 28.0 Å². The summed E-state index contributed by atoms with van der Waals surface area (Å²) in [4.78, 5) is 12.1. The van der Waals surface area contributed by atoms with Gasteiger partial charge in [-0.1, -0.05) is 0 Å². The van der Waals surface area contributed by atoms with Gasteiger partial charge in [-0.3, -0.25) is 9.69 Å². The Morgan fingerprint density at radius 2 is 1.87 bits per heavy atom. The highest BCUT2D eigenvalue weighted by molar-refractivity contribution is 7.91. The van der Waals surface area contributed by atoms with Crippen LogP contribution in [-0.2, 0) is 14.6 Å². The number of hydrogen-bond donors (Lipinski definition) is 1. The summed E-state index contributed by atoms with van der Waals surface area (Å²) in [6.45, 7) is 1.35. The minimum absolute atomic E-state index is 0.0908. The van der Waals surface area contributed by atoms with E-state index in [9.17, 15) is 17.6 Å². The van der Waals surface area contributed by atoms with Gasteiger partial charge in [0.15, 0.2) is 9.84 Å². The molecule has 0 unspecified atom stereocenters. The minimum atomic E-state index is -3.06. The number of rotatable bonds is 3. The highest BCUT2D eigenvalue weighted by Gasteiger charge is 2.34. The van der Waals surface area contributed by atoms with E-state index >= 15 is 0 Å². The lowest BCUT2D eigenvalue weighted by Crippen LogP contribution is -2.52. The molecule has 0 radical (unpaired) electrons. The van der Waals surface area contributed by atoms with Gasteiger partial charge in [-0.05, 0) is 6.92 Å². The summed E-state index contributed by atoms with van der Waals surface area (Å²) in [5.41, 5.74) is 0. The molecule has 15 heavy (non-hydrogen) atoms. The zero-order valence-electron chi connectivity index (χ0n) is 8.39. The van der Waals surface area contributed by atoms with Gasteiger partial charge in [-0.25, -0.2) is 12.8 Å². The van der Waals surface area contributed by atoms with Crippen LogP contribution in [0.15, 0.2) is 0 Å². The quantitative estimate of drug-likeness (QED) is 0.720. The Hall–Kier alpha value is -0.690. The molecular weight excluding hydrogens is 225 g/mol. The molecule has 0 spiro atoms. The van der Waals surface area contributed by atoms with Crippen molar-refractivity contribution >= 4 is 15.8 Å². The zero-order chi connectivity index (χ0) is 11.6. The summed E-state index contributed by atoms with van der Waals surface area (Å²) in [6.07, 6.45) is -1.51. The molecule has 0 saturated carbocycles. The van der Waals surface area contributed by atoms with Crippen LogP contribution in [0.5, 0.6) is 0 Å². The normalized spacial score (nSPS) is 25.7. The van der Waals surface area contributed by atoms with Crippen molar-refractivity contribution in [3.8, 4) is 0 Å². The molecule has 0 bridgehead atoms. The molecule has 1 aliphatic heterocycles. The van der Waals surface area contributed by atoms with Crippen LogP contribution >= 0.6 is 0 Å². The van der Waals surface area contributed by atoms with Crippen LogP contribution in [-0.4, -0.2) is 61.2 Å². The van der Waals surface area contributed by atoms with Gasteiger partial charge in [-0.2, -0.15) is 0 Å². The van der Waals surface area contributed by atoms with Gasteiger partial charge in [0, 0.05) is 13.1 Å². The van der Waals surface area contributed by atoms with Crippen molar-refractivity contribution in [2.24, 2.45) is 0 Å². The minimum Gasteiger partial charge on any atom is -0.480 e. The number of carboxylic acids is 1. The molecule has 1 rings (SSSR count). The highest BCUT2D eigenvalue weighted by Crippen LogP contribution is 2.13. The third kappa shape index (κ3) is 3.13. The molecule has 0 amide bonds. The second kappa shape index (κ2) is 4.44. The molecule has 0 aromatic heterocycles. The smallest absolute Gasteiger partial charge is 0.323 e. The molecule has 0 aromatic carbocycles. The van der Waals surface area contributed by atoms with Crippen molar-refractivity contribution < 1.29 is 22.7 Å². The molecule has 0 aromatic rings. The molecule has 7 heteroatoms. The Balaban J connectivity index is 2.69. The lowest BCUT2D eigenvalue weighted by atomic mass is 10.1. The second-order valence-electron chi connectivity index (χ2n) is 3.65. The van der Waals surface area contributed by atoms with Crippen LogP contribution in [0, 0.1) is 0 Å². The molecule has 1 saturated heterocycles. The third-order valence-corrected chi connectivity index (χ3v) is 4.07. The van der Waals surface area contributed by atoms with Gasteiger partial charge >= 0.3 is 5.97 Å². The van der Waals surface area contributed by atoms with Gasteiger partial charge in [0.2, 0.25) is 0 Å². The molecule has 2 atom stereocenters. The molecule has 88 valence electrons. The lowest BCUT2D eigenvalue weighted by molar-refractivity contribution is -0.145. The van der Waals surface area contributed by atoms with Crippen molar-refractivity contribution in [1.82, 2.24) is 4.90 Å². The van der Waals surface area contributed by atoms with E-state index in [0.717, 1.165) is 0 Å². The van der Waals surface area contributed by atoms with Crippen LogP contribution in [0.3, 0.4) is 0 Å². The molecule has 5 nitrogen and oxygen atoms in total. The predicted molar refractivity (Wildman–Crippen MR) is 52.2 cm³/mol. The first-order valence-corrected chi connectivity index (χ1v) is 6.47. The van der Waals surface area contributed by atoms with E-state index in [1.807, 2.05) is 0 Å². The molecule has 1 fully saturated rings. The maximum atomic E-state index is 13.0. The Bertz CT molecular complexity index is 327. The summed E-state index contributed by atoms with van der Waals surface area (Å²) in [6, 6.07) is -1.24. The summed E-state index contributed by atoms with van der Waals surface area (Å²) in [5, 5.41) is 8.79. The Labute approximate surface area is 87.8 Å². The van der Waals surface area contributed by atoms with Crippen LogP contribution in [0.2, 0.25) is 0 Å². The van der Waals surface area contributed by atoms with Crippen molar-refractivity contribution in [3.05, 3.63) is 0 Å². The van der Waals surface area contributed by atoms with Crippen LogP contribution in [0.25, 0.3) is 0 Å². The van der Waals surface area contributed by atoms with Crippen molar-refractivity contribution in [1.29, 1.82) is 0 Å². The van der Waals surface area contributed by atoms with Crippen molar-refractivity contribution in [2.45, 2.75) is 19.1 Å². The van der Waals surface area contributed by atoms with Gasteiger partial charge in [0.25, 0.3) is 0 Å². The number of aliphatic carboxylic acids is 1. The van der Waals surface area contributed by atoms with Crippen LogP contribution < -0.4 is 0 Å². The number of halogens is 1. The molecule has 1 N–H and O–H groups in total. The van der Waals surface area contributed by atoms with E-state index in [1.165, 1.54) is 11.8 Å². The summed E-state index contributed by atoms with van der Waals surface area (Å²) >= 11 is 0. The molecular formula is C8H14FNO4S. The van der Waals surface area contributed by atoms with Gasteiger partial charge < -0.3 is 5.11 Å². The van der Waals surface area contributed by atoms with Crippen molar-refractivity contribution in [3.63, 3.8) is 0 Å². The first kappa shape index (κ1) is 12.4. The fourth-order valence-corrected chi connectivity index (χ4v) is 2.88. The largest absolute Gasteiger partial charge is 0.480 e. The number of alkyl halides is 1. The number of carboxylic acid groups (broad SMARTS) is 1. The van der Waals surface area contributed by atoms with Gasteiger partial charge in [0.1, 0.15) is 12.2 Å². The summed E-state index contributed by atoms with van der Waals surface area (Å²) in [7, 11) is -3.06. The first-order valence-electron chi connectivity index (χ1n) is 4.65. The van der Waals surface area contributed by atoms with E-state index in [0.29, 0.717) is 0 Å². The zero-order valence-corrected chi connectivity index (χ0v) is 9.21. The van der Waals surface area contributed by atoms with E-state index in [1.54, 1.807) is 0 Å². The average molecular weight is 239 g/mol. The maximum absolute atomic E-state index is 13.0. The van der Waals surface area contributed by atoms with Crippen LogP contribution in [0.4, 0.5) is 4.39 Å². The number of carbonyl (C=O) groups is 1. The monoisotopic (exact) mass is 239 g/mol. The third-order valence-electron chi connectivity index (χ3n) is 2.46. The van der Waals surface area contributed by atoms with E-state index in [-0.39, 0.29) is 24.6 Å². The number of nitrogens with zero attached hydrogens (tertiary/aromatic N) is 1. The lowest BCUT2D eigenvalue weighted by Gasteiger charge is -2.32. The Morgan fingerprint density at radius 3 is 2.20 bits per heavy atom. The Morgan fingerprint density at radius 1 is 1.40 bits per heavy atom. The second-order valence-corrected chi connectivity index (χ2v) is 5.95. The van der Waals surface area contributed by atoms with Crippen LogP contribution in [0.1, 0.15) is 6.92 Å². The summed E-state index contributed by atoms with van der Waals surface area (Å²) < 4.78 is 35.2. The molecule has 1 aliphatic rings. The highest BCUT2D eigenvalue weighted by atomic mass is 32.2. The standard InChI is InChI=1S/C8H14FNO4S/c1-6(9)7(8(11)12)10-2-4-15(13,14)5-3-10/h6-7H,2-5H2,1H3,(H,11,12)/t6-,7-/m0/s1. The SMILES string of the molecule is C[C@H](F)[C@@H](C(=O)O)N1CCS(=O)(=O)CC1. The fourth-order valence-electron chi connectivity index (χ4n) is 1.65. The molecule has 1 heterocycles.